The predicted molar refractivity (Wildman–Crippen MR) is 63.7 cm³/mol. The highest BCUT2D eigenvalue weighted by Crippen LogP contribution is 2.29. The molecule has 0 aromatic heterocycles. The number of nitro benzene ring substituents is 2. The molecule has 0 spiro atoms. The second kappa shape index (κ2) is 5.87. The van der Waals surface area contributed by atoms with Crippen LogP contribution >= 0.6 is 0 Å². The van der Waals surface area contributed by atoms with Gasteiger partial charge in [0.15, 0.2) is 0 Å². The van der Waals surface area contributed by atoms with Crippen LogP contribution in [-0.2, 0) is 6.42 Å². The van der Waals surface area contributed by atoms with Crippen LogP contribution in [0.1, 0.15) is 22.3 Å². The van der Waals surface area contributed by atoms with E-state index in [1.807, 2.05) is 0 Å². The summed E-state index contributed by atoms with van der Waals surface area (Å²) in [4.78, 5) is 31.2. The van der Waals surface area contributed by atoms with Crippen LogP contribution in [0.5, 0.6) is 0 Å². The van der Waals surface area contributed by atoms with Crippen LogP contribution in [0.2, 0.25) is 0 Å². The molecule has 0 unspecified atom stereocenters. The first-order valence-corrected chi connectivity index (χ1v) is 5.24. The number of nitrogens with zero attached hydrogens (tertiary/aromatic N) is 2. The van der Waals surface area contributed by atoms with Crippen molar-refractivity contribution >= 4 is 17.3 Å². The van der Waals surface area contributed by atoms with E-state index in [4.69, 9.17) is 10.8 Å². The number of carbonyl (C=O) groups excluding carboxylic acids is 1. The summed E-state index contributed by atoms with van der Waals surface area (Å²) in [6, 6.07) is 1.68. The maximum absolute atomic E-state index is 11.2. The highest BCUT2D eigenvalue weighted by Gasteiger charge is 2.25. The Morgan fingerprint density at radius 2 is 1.89 bits per heavy atom. The number of aliphatic hydroxyl groups is 1. The van der Waals surface area contributed by atoms with Gasteiger partial charge in [-0.25, -0.2) is 0 Å². The van der Waals surface area contributed by atoms with Crippen LogP contribution in [0.25, 0.3) is 0 Å². The third kappa shape index (κ3) is 3.22. The number of non-ortho nitro benzene ring substituents is 1. The molecule has 0 aliphatic rings. The zero-order valence-electron chi connectivity index (χ0n) is 9.74. The van der Waals surface area contributed by atoms with E-state index in [0.717, 1.165) is 12.1 Å². The molecule has 0 atom stereocenters. The normalized spacial score (nSPS) is 10.2. The Kier molecular flexibility index (Phi) is 4.48. The van der Waals surface area contributed by atoms with Gasteiger partial charge in [0.2, 0.25) is 5.91 Å². The fourth-order valence-electron chi connectivity index (χ4n) is 1.65. The summed E-state index contributed by atoms with van der Waals surface area (Å²) in [6.07, 6.45) is 0.210. The smallest absolute Gasteiger partial charge is 0.280 e. The minimum absolute atomic E-state index is 0.00264. The van der Waals surface area contributed by atoms with Gasteiger partial charge in [0.1, 0.15) is 0 Å². The lowest BCUT2D eigenvalue weighted by Gasteiger charge is -2.07. The van der Waals surface area contributed by atoms with Gasteiger partial charge < -0.3 is 10.8 Å². The SMILES string of the molecule is NC(=O)c1cc([N+](=O)[O-])cc([N+](=O)[O-])c1CCCO. The van der Waals surface area contributed by atoms with E-state index in [0.29, 0.717) is 0 Å². The van der Waals surface area contributed by atoms with E-state index in [1.165, 1.54) is 0 Å². The van der Waals surface area contributed by atoms with Crippen molar-refractivity contribution in [3.63, 3.8) is 0 Å². The summed E-state index contributed by atoms with van der Waals surface area (Å²) in [5.74, 6) is -0.986. The number of primary amides is 1. The highest BCUT2D eigenvalue weighted by molar-refractivity contribution is 5.96. The van der Waals surface area contributed by atoms with Crippen LogP contribution in [0.4, 0.5) is 11.4 Å². The monoisotopic (exact) mass is 269 g/mol. The van der Waals surface area contributed by atoms with Crippen molar-refractivity contribution in [3.05, 3.63) is 43.5 Å². The van der Waals surface area contributed by atoms with Gasteiger partial charge in [-0.3, -0.25) is 25.0 Å². The Bertz CT molecular complexity index is 507. The second-order valence-corrected chi connectivity index (χ2v) is 3.70. The summed E-state index contributed by atoms with van der Waals surface area (Å²) in [6.45, 7) is -0.230. The van der Waals surface area contributed by atoms with Gasteiger partial charge in [-0.1, -0.05) is 0 Å². The Morgan fingerprint density at radius 3 is 2.32 bits per heavy atom. The fourth-order valence-corrected chi connectivity index (χ4v) is 1.65. The largest absolute Gasteiger partial charge is 0.396 e. The lowest BCUT2D eigenvalue weighted by molar-refractivity contribution is -0.394. The van der Waals surface area contributed by atoms with Crippen LogP contribution < -0.4 is 5.73 Å². The standard InChI is InChI=1S/C10H11N3O6/c11-10(15)8-4-6(12(16)17)5-9(13(18)19)7(8)2-1-3-14/h4-5,14H,1-3H2,(H2,11,15). The molecule has 0 aliphatic carbocycles. The molecule has 0 aliphatic heterocycles. The number of carbonyl (C=O) groups is 1. The van der Waals surface area contributed by atoms with Gasteiger partial charge in [0.25, 0.3) is 11.4 Å². The Hall–Kier alpha value is -2.55. The van der Waals surface area contributed by atoms with E-state index in [9.17, 15) is 25.0 Å². The molecule has 0 fully saturated rings. The molecule has 3 N–H and O–H groups in total. The van der Waals surface area contributed by atoms with Crippen molar-refractivity contribution in [1.29, 1.82) is 0 Å². The quantitative estimate of drug-likeness (QED) is 0.567. The van der Waals surface area contributed by atoms with Crippen LogP contribution in [0.3, 0.4) is 0 Å². The number of hydrogen-bond acceptors (Lipinski definition) is 6. The van der Waals surface area contributed by atoms with Crippen LogP contribution in [-0.4, -0.2) is 27.5 Å². The third-order valence-corrected chi connectivity index (χ3v) is 2.47. The second-order valence-electron chi connectivity index (χ2n) is 3.70. The van der Waals surface area contributed by atoms with Crippen molar-refractivity contribution in [2.24, 2.45) is 5.73 Å². The summed E-state index contributed by atoms with van der Waals surface area (Å²) in [5, 5.41) is 30.3. The summed E-state index contributed by atoms with van der Waals surface area (Å²) >= 11 is 0. The van der Waals surface area contributed by atoms with Gasteiger partial charge in [0.05, 0.1) is 21.5 Å². The van der Waals surface area contributed by atoms with Gasteiger partial charge in [-0.15, -0.1) is 0 Å². The van der Waals surface area contributed by atoms with Crippen molar-refractivity contribution in [1.82, 2.24) is 0 Å². The zero-order chi connectivity index (χ0) is 14.6. The molecule has 1 aromatic rings. The molecular weight excluding hydrogens is 258 g/mol. The average Bonchev–Trinajstić information content (AvgIpc) is 2.34. The molecule has 0 radical (unpaired) electrons. The number of nitro groups is 2. The predicted octanol–water partition coefficient (Wildman–Crippen LogP) is 0.527. The molecular formula is C10H11N3O6. The van der Waals surface area contributed by atoms with Crippen LogP contribution in [0.15, 0.2) is 12.1 Å². The van der Waals surface area contributed by atoms with Crippen molar-refractivity contribution in [3.8, 4) is 0 Å². The van der Waals surface area contributed by atoms with E-state index in [2.05, 4.69) is 0 Å². The van der Waals surface area contributed by atoms with Crippen molar-refractivity contribution in [2.75, 3.05) is 6.61 Å². The van der Waals surface area contributed by atoms with Gasteiger partial charge >= 0.3 is 0 Å². The maximum atomic E-state index is 11.2. The first-order valence-electron chi connectivity index (χ1n) is 5.24. The Labute approximate surface area is 106 Å². The lowest BCUT2D eigenvalue weighted by Crippen LogP contribution is -2.16. The molecule has 0 heterocycles. The number of aliphatic hydroxyl groups excluding tert-OH is 1. The van der Waals surface area contributed by atoms with E-state index in [-0.39, 0.29) is 30.6 Å². The number of nitrogens with two attached hydrogens (primary N) is 1. The zero-order valence-corrected chi connectivity index (χ0v) is 9.74. The minimum atomic E-state index is -0.986. The van der Waals surface area contributed by atoms with Crippen molar-refractivity contribution < 1.29 is 19.7 Å². The molecule has 0 saturated carbocycles. The van der Waals surface area contributed by atoms with E-state index in [1.54, 1.807) is 0 Å². The molecule has 1 amide bonds. The maximum Gasteiger partial charge on any atom is 0.280 e. The highest BCUT2D eigenvalue weighted by atomic mass is 16.6. The number of rotatable bonds is 6. The van der Waals surface area contributed by atoms with Crippen LogP contribution in [0, 0.1) is 20.2 Å². The Morgan fingerprint density at radius 1 is 1.26 bits per heavy atom. The molecule has 9 heteroatoms. The van der Waals surface area contributed by atoms with E-state index < -0.39 is 27.1 Å². The molecule has 1 aromatic carbocycles. The number of hydrogen-bond donors (Lipinski definition) is 2. The third-order valence-electron chi connectivity index (χ3n) is 2.47. The van der Waals surface area contributed by atoms with Gasteiger partial charge in [-0.05, 0) is 12.8 Å². The summed E-state index contributed by atoms with van der Waals surface area (Å²) < 4.78 is 0. The first-order chi connectivity index (χ1) is 8.88. The molecule has 9 nitrogen and oxygen atoms in total. The minimum Gasteiger partial charge on any atom is -0.396 e. The number of amides is 1. The summed E-state index contributed by atoms with van der Waals surface area (Å²) in [7, 11) is 0. The molecule has 0 bridgehead atoms. The molecule has 19 heavy (non-hydrogen) atoms. The fraction of sp³-hybridized carbons (Fsp3) is 0.300. The van der Waals surface area contributed by atoms with Crippen molar-refractivity contribution in [2.45, 2.75) is 12.8 Å². The molecule has 102 valence electrons. The lowest BCUT2D eigenvalue weighted by atomic mass is 9.99. The van der Waals surface area contributed by atoms with E-state index >= 15 is 0 Å². The topological polar surface area (TPSA) is 150 Å². The van der Waals surface area contributed by atoms with Gasteiger partial charge in [0, 0.05) is 18.2 Å². The summed E-state index contributed by atoms with van der Waals surface area (Å²) in [5.41, 5.74) is 3.69. The molecule has 1 rings (SSSR count). The van der Waals surface area contributed by atoms with Gasteiger partial charge in [-0.2, -0.15) is 0 Å². The first kappa shape index (κ1) is 14.5. The molecule has 0 saturated heterocycles. The Balaban J connectivity index is 3.50. The average molecular weight is 269 g/mol. The number of benzene rings is 1.